The van der Waals surface area contributed by atoms with Gasteiger partial charge in [0.25, 0.3) is 0 Å². The molecule has 0 atom stereocenters. The maximum atomic E-state index is 5.78. The lowest BCUT2D eigenvalue weighted by Crippen LogP contribution is -1.98. The van der Waals surface area contributed by atoms with Gasteiger partial charge in [0.2, 0.25) is 0 Å². The Kier molecular flexibility index (Phi) is 3.15. The summed E-state index contributed by atoms with van der Waals surface area (Å²) in [6.45, 7) is 4.37. The molecular formula is C9H15ClN2. The summed E-state index contributed by atoms with van der Waals surface area (Å²) in [5.41, 5.74) is 2.30. The number of aromatic nitrogens is 2. The number of halogens is 1. The number of hydrogen-bond acceptors (Lipinski definition) is 1. The van der Waals surface area contributed by atoms with Gasteiger partial charge in [0.1, 0.15) is 0 Å². The van der Waals surface area contributed by atoms with Crippen LogP contribution in [-0.4, -0.2) is 9.78 Å². The first-order valence-corrected chi connectivity index (χ1v) is 4.74. The van der Waals surface area contributed by atoms with Gasteiger partial charge in [0, 0.05) is 18.8 Å². The Bertz CT molecular complexity index is 253. The number of nitrogens with zero attached hydrogens (tertiary/aromatic N) is 2. The van der Waals surface area contributed by atoms with E-state index < -0.39 is 0 Å². The van der Waals surface area contributed by atoms with Crippen LogP contribution in [-0.2, 0) is 19.3 Å². The lowest BCUT2D eigenvalue weighted by molar-refractivity contribution is 0.619. The molecule has 0 aliphatic heterocycles. The van der Waals surface area contributed by atoms with Crippen LogP contribution in [0.15, 0.2) is 6.20 Å². The molecule has 1 heterocycles. The van der Waals surface area contributed by atoms with Crippen LogP contribution in [0.5, 0.6) is 0 Å². The van der Waals surface area contributed by atoms with Gasteiger partial charge < -0.3 is 0 Å². The van der Waals surface area contributed by atoms with Crippen molar-refractivity contribution in [1.29, 1.82) is 0 Å². The molecule has 0 amide bonds. The van der Waals surface area contributed by atoms with E-state index in [0.29, 0.717) is 11.8 Å². The van der Waals surface area contributed by atoms with E-state index in [9.17, 15) is 0 Å². The zero-order valence-corrected chi connectivity index (χ0v) is 8.60. The van der Waals surface area contributed by atoms with Crippen LogP contribution in [0, 0.1) is 5.92 Å². The molecule has 12 heavy (non-hydrogen) atoms. The van der Waals surface area contributed by atoms with E-state index >= 15 is 0 Å². The van der Waals surface area contributed by atoms with Gasteiger partial charge in [-0.15, -0.1) is 11.6 Å². The fraction of sp³-hybridized carbons (Fsp3) is 0.667. The van der Waals surface area contributed by atoms with Gasteiger partial charge in [-0.05, 0) is 12.3 Å². The van der Waals surface area contributed by atoms with Gasteiger partial charge in [0.05, 0.1) is 11.6 Å². The lowest BCUT2D eigenvalue weighted by atomic mass is 10.1. The molecule has 0 aromatic carbocycles. The normalized spacial score (nSPS) is 11.1. The minimum Gasteiger partial charge on any atom is -0.275 e. The topological polar surface area (TPSA) is 17.8 Å². The third-order valence-corrected chi connectivity index (χ3v) is 2.03. The molecule has 0 bridgehead atoms. The maximum absolute atomic E-state index is 5.78. The van der Waals surface area contributed by atoms with Crippen molar-refractivity contribution in [3.63, 3.8) is 0 Å². The summed E-state index contributed by atoms with van der Waals surface area (Å²) < 4.78 is 1.83. The van der Waals surface area contributed by atoms with Crippen LogP contribution in [0.4, 0.5) is 0 Å². The van der Waals surface area contributed by atoms with Crippen LogP contribution in [0.3, 0.4) is 0 Å². The molecule has 0 unspecified atom stereocenters. The molecule has 1 aromatic heterocycles. The molecule has 0 N–H and O–H groups in total. The van der Waals surface area contributed by atoms with E-state index in [0.717, 1.165) is 17.7 Å². The summed E-state index contributed by atoms with van der Waals surface area (Å²) in [5, 5.41) is 4.35. The van der Waals surface area contributed by atoms with E-state index in [1.165, 1.54) is 0 Å². The fourth-order valence-electron chi connectivity index (χ4n) is 1.25. The van der Waals surface area contributed by atoms with Gasteiger partial charge in [-0.1, -0.05) is 13.8 Å². The largest absolute Gasteiger partial charge is 0.275 e. The van der Waals surface area contributed by atoms with Crippen molar-refractivity contribution in [2.24, 2.45) is 13.0 Å². The van der Waals surface area contributed by atoms with Crippen molar-refractivity contribution in [3.8, 4) is 0 Å². The molecule has 3 heteroatoms. The van der Waals surface area contributed by atoms with Gasteiger partial charge >= 0.3 is 0 Å². The first kappa shape index (κ1) is 9.59. The minimum atomic E-state index is 0.565. The summed E-state index contributed by atoms with van der Waals surface area (Å²) in [6, 6.07) is 0. The third-order valence-electron chi connectivity index (χ3n) is 1.74. The summed E-state index contributed by atoms with van der Waals surface area (Å²) >= 11 is 5.78. The Morgan fingerprint density at radius 3 is 2.75 bits per heavy atom. The molecule has 0 fully saturated rings. The monoisotopic (exact) mass is 186 g/mol. The van der Waals surface area contributed by atoms with Crippen LogP contribution in [0.1, 0.15) is 25.1 Å². The molecule has 0 radical (unpaired) electrons. The number of alkyl halides is 1. The predicted molar refractivity (Wildman–Crippen MR) is 51.3 cm³/mol. The average Bonchev–Trinajstić information content (AvgIpc) is 2.29. The van der Waals surface area contributed by atoms with Gasteiger partial charge in [0.15, 0.2) is 0 Å². The Labute approximate surface area is 78.5 Å². The number of hydrogen-bond donors (Lipinski definition) is 0. The Balaban J connectivity index is 2.81. The highest BCUT2D eigenvalue weighted by Crippen LogP contribution is 2.13. The van der Waals surface area contributed by atoms with Crippen molar-refractivity contribution in [1.82, 2.24) is 9.78 Å². The molecule has 68 valence electrons. The summed E-state index contributed by atoms with van der Waals surface area (Å²) in [7, 11) is 1.93. The quantitative estimate of drug-likeness (QED) is 0.663. The maximum Gasteiger partial charge on any atom is 0.0671 e. The summed E-state index contributed by atoms with van der Waals surface area (Å²) in [6.07, 6.45) is 3.01. The second-order valence-corrected chi connectivity index (χ2v) is 3.77. The van der Waals surface area contributed by atoms with E-state index in [1.807, 2.05) is 17.9 Å². The van der Waals surface area contributed by atoms with Crippen LogP contribution in [0.2, 0.25) is 0 Å². The molecule has 1 aromatic rings. The predicted octanol–water partition coefficient (Wildman–Crippen LogP) is 2.36. The van der Waals surface area contributed by atoms with E-state index in [1.54, 1.807) is 0 Å². The van der Waals surface area contributed by atoms with Gasteiger partial charge in [-0.3, -0.25) is 4.68 Å². The van der Waals surface area contributed by atoms with Gasteiger partial charge in [-0.2, -0.15) is 5.10 Å². The first-order valence-electron chi connectivity index (χ1n) is 4.21. The second kappa shape index (κ2) is 3.94. The van der Waals surface area contributed by atoms with E-state index in [2.05, 4.69) is 18.9 Å². The highest BCUT2D eigenvalue weighted by Gasteiger charge is 2.07. The highest BCUT2D eigenvalue weighted by atomic mass is 35.5. The molecular weight excluding hydrogens is 172 g/mol. The van der Waals surface area contributed by atoms with Crippen LogP contribution < -0.4 is 0 Å². The zero-order valence-electron chi connectivity index (χ0n) is 7.84. The standard InChI is InChI=1S/C9H15ClN2/c1-7(2)4-9-8(5-10)6-12(3)11-9/h6-7H,4-5H2,1-3H3. The van der Waals surface area contributed by atoms with Crippen molar-refractivity contribution < 1.29 is 0 Å². The highest BCUT2D eigenvalue weighted by molar-refractivity contribution is 6.17. The molecule has 0 aliphatic carbocycles. The first-order chi connectivity index (χ1) is 5.63. The molecule has 2 nitrogen and oxygen atoms in total. The fourth-order valence-corrected chi connectivity index (χ4v) is 1.48. The Morgan fingerprint density at radius 1 is 1.58 bits per heavy atom. The molecule has 0 aliphatic rings. The van der Waals surface area contributed by atoms with Crippen molar-refractivity contribution in [2.75, 3.05) is 0 Å². The van der Waals surface area contributed by atoms with E-state index in [4.69, 9.17) is 11.6 Å². The zero-order chi connectivity index (χ0) is 9.14. The summed E-state index contributed by atoms with van der Waals surface area (Å²) in [5.74, 6) is 1.21. The van der Waals surface area contributed by atoms with Crippen molar-refractivity contribution in [3.05, 3.63) is 17.5 Å². The van der Waals surface area contributed by atoms with Gasteiger partial charge in [-0.25, -0.2) is 0 Å². The number of rotatable bonds is 3. The lowest BCUT2D eigenvalue weighted by Gasteiger charge is -2.01. The molecule has 0 saturated heterocycles. The number of aryl methyl sites for hydroxylation is 1. The third kappa shape index (κ3) is 2.24. The molecule has 1 rings (SSSR count). The Morgan fingerprint density at radius 2 is 2.25 bits per heavy atom. The smallest absolute Gasteiger partial charge is 0.0671 e. The molecule has 0 saturated carbocycles. The summed E-state index contributed by atoms with van der Waals surface area (Å²) in [4.78, 5) is 0. The Hall–Kier alpha value is -0.500. The SMILES string of the molecule is CC(C)Cc1nn(C)cc1CCl. The minimum absolute atomic E-state index is 0.565. The average molecular weight is 187 g/mol. The van der Waals surface area contributed by atoms with Crippen LogP contribution in [0.25, 0.3) is 0 Å². The van der Waals surface area contributed by atoms with Crippen molar-refractivity contribution in [2.45, 2.75) is 26.1 Å². The van der Waals surface area contributed by atoms with Crippen LogP contribution >= 0.6 is 11.6 Å². The second-order valence-electron chi connectivity index (χ2n) is 3.51. The van der Waals surface area contributed by atoms with Crippen molar-refractivity contribution >= 4 is 11.6 Å². The molecule has 0 spiro atoms. The van der Waals surface area contributed by atoms with E-state index in [-0.39, 0.29) is 0 Å².